The van der Waals surface area contributed by atoms with Crippen molar-refractivity contribution in [3.05, 3.63) is 82.5 Å². The monoisotopic (exact) mass is 452 g/mol. The Labute approximate surface area is 196 Å². The molecule has 0 radical (unpaired) electrons. The summed E-state index contributed by atoms with van der Waals surface area (Å²) in [5.74, 6) is 0. The summed E-state index contributed by atoms with van der Waals surface area (Å²) < 4.78 is 8.94. The highest BCUT2D eigenvalue weighted by atomic mass is 16.5. The number of pyridine rings is 2. The summed E-state index contributed by atoms with van der Waals surface area (Å²) in [6, 6.07) is 14.2. The van der Waals surface area contributed by atoms with Crippen LogP contribution in [0.4, 0.5) is 0 Å². The molecule has 170 valence electrons. The second kappa shape index (κ2) is 8.46. The molecule has 0 spiro atoms. The van der Waals surface area contributed by atoms with Gasteiger partial charge in [0.15, 0.2) is 11.3 Å². The topological polar surface area (TPSA) is 87.7 Å². The van der Waals surface area contributed by atoms with Gasteiger partial charge in [-0.2, -0.15) is 10.2 Å². The molecule has 6 rings (SSSR count). The molecule has 34 heavy (non-hydrogen) atoms. The molecule has 0 N–H and O–H groups in total. The third-order valence-corrected chi connectivity index (χ3v) is 6.33. The van der Waals surface area contributed by atoms with E-state index < -0.39 is 0 Å². The van der Waals surface area contributed by atoms with Crippen molar-refractivity contribution in [1.82, 2.24) is 29.5 Å². The fourth-order valence-corrected chi connectivity index (χ4v) is 4.60. The van der Waals surface area contributed by atoms with E-state index in [-0.39, 0.29) is 11.6 Å². The van der Waals surface area contributed by atoms with Gasteiger partial charge in [-0.3, -0.25) is 9.78 Å². The number of hydrogen-bond acceptors (Lipinski definition) is 6. The Morgan fingerprint density at radius 1 is 1.06 bits per heavy atom. The lowest BCUT2D eigenvalue weighted by molar-refractivity contribution is 0.0540. The maximum atomic E-state index is 13.2. The Balaban J connectivity index is 1.40. The molecule has 1 unspecified atom stereocenters. The minimum atomic E-state index is -0.174. The van der Waals surface area contributed by atoms with Crippen LogP contribution in [0.15, 0.2) is 65.8 Å². The average molecular weight is 453 g/mol. The number of benzene rings is 1. The van der Waals surface area contributed by atoms with E-state index in [9.17, 15) is 4.79 Å². The largest absolute Gasteiger partial charge is 0.379 e. The van der Waals surface area contributed by atoms with Gasteiger partial charge in [0.1, 0.15) is 5.69 Å². The van der Waals surface area contributed by atoms with Crippen LogP contribution in [0.1, 0.15) is 30.0 Å². The highest BCUT2D eigenvalue weighted by Crippen LogP contribution is 2.27. The number of ether oxygens (including phenoxy) is 1. The minimum Gasteiger partial charge on any atom is -0.379 e. The van der Waals surface area contributed by atoms with Gasteiger partial charge >= 0.3 is 0 Å². The van der Waals surface area contributed by atoms with Gasteiger partial charge in [-0.1, -0.05) is 24.3 Å². The van der Waals surface area contributed by atoms with Gasteiger partial charge in [0.25, 0.3) is 5.56 Å². The molecule has 1 atom stereocenters. The number of rotatable bonds is 4. The predicted octanol–water partition coefficient (Wildman–Crippen LogP) is 3.86. The molecule has 8 heteroatoms. The summed E-state index contributed by atoms with van der Waals surface area (Å²) in [5, 5.41) is 10.2. The Morgan fingerprint density at radius 3 is 2.74 bits per heavy atom. The van der Waals surface area contributed by atoms with Crippen molar-refractivity contribution in [2.24, 2.45) is 0 Å². The molecule has 0 amide bonds. The molecule has 5 heterocycles. The Hall–Kier alpha value is -3.91. The van der Waals surface area contributed by atoms with Crippen LogP contribution < -0.4 is 5.56 Å². The molecule has 3 aliphatic heterocycles. The third kappa shape index (κ3) is 3.66. The highest BCUT2D eigenvalue weighted by Gasteiger charge is 2.27. The van der Waals surface area contributed by atoms with Crippen LogP contribution in [0, 0.1) is 6.92 Å². The standard InChI is InChI=1S/C26H24N6O2/c1-17-12-20(14-27-13-17)19-8-6-18(7-9-19)15-31-25-22(5-2-10-28-25)23-24(29-31)26(33)32(30-23)21-4-3-11-34-16-21/h2,5-10,12-14,21H,3-4,11,15-16H2,1H3. The van der Waals surface area contributed by atoms with E-state index in [2.05, 4.69) is 45.4 Å². The molecule has 0 aliphatic carbocycles. The molecular formula is C26H24N6O2. The lowest BCUT2D eigenvalue weighted by atomic mass is 10.0. The zero-order valence-electron chi connectivity index (χ0n) is 18.9. The first-order chi connectivity index (χ1) is 16.7. The molecule has 0 bridgehead atoms. The van der Waals surface area contributed by atoms with E-state index in [1.807, 2.05) is 31.5 Å². The lowest BCUT2D eigenvalue weighted by Crippen LogP contribution is -2.29. The van der Waals surface area contributed by atoms with Gasteiger partial charge in [-0.25, -0.2) is 14.3 Å². The zero-order valence-corrected chi connectivity index (χ0v) is 18.9. The third-order valence-electron chi connectivity index (χ3n) is 6.33. The number of aromatic nitrogens is 6. The van der Waals surface area contributed by atoms with Crippen LogP contribution in [0.25, 0.3) is 33.5 Å². The number of hydrogen-bond donors (Lipinski definition) is 0. The van der Waals surface area contributed by atoms with Crippen LogP contribution in [0.3, 0.4) is 0 Å². The second-order valence-electron chi connectivity index (χ2n) is 8.80. The molecule has 0 saturated carbocycles. The quantitative estimate of drug-likeness (QED) is 0.411. The van der Waals surface area contributed by atoms with Gasteiger partial charge in [-0.15, -0.1) is 0 Å². The molecule has 1 saturated heterocycles. The van der Waals surface area contributed by atoms with E-state index in [0.717, 1.165) is 47.1 Å². The number of nitrogens with zero attached hydrogens (tertiary/aromatic N) is 6. The molecule has 1 aromatic carbocycles. The summed E-state index contributed by atoms with van der Waals surface area (Å²) in [6.07, 6.45) is 7.26. The molecule has 2 aromatic heterocycles. The SMILES string of the molecule is Cc1cncc(-c2ccc(Cn3nc4c(=O)n(C5CCCOC5)nc-4c4cccnc43)cc2)c1. The summed E-state index contributed by atoms with van der Waals surface area (Å²) >= 11 is 0. The first-order valence-electron chi connectivity index (χ1n) is 11.5. The average Bonchev–Trinajstić information content (AvgIpc) is 3.21. The lowest BCUT2D eigenvalue weighted by Gasteiger charge is -2.21. The maximum Gasteiger partial charge on any atom is 0.297 e. The fourth-order valence-electron chi connectivity index (χ4n) is 4.60. The van der Waals surface area contributed by atoms with Crippen LogP contribution in [-0.2, 0) is 11.3 Å². The summed E-state index contributed by atoms with van der Waals surface area (Å²) in [6.45, 7) is 3.76. The molecular weight excluding hydrogens is 428 g/mol. The van der Waals surface area contributed by atoms with Gasteiger partial charge < -0.3 is 4.74 Å². The first-order valence-corrected chi connectivity index (χ1v) is 11.5. The van der Waals surface area contributed by atoms with Crippen LogP contribution >= 0.6 is 0 Å². The normalized spacial score (nSPS) is 16.3. The van der Waals surface area contributed by atoms with Gasteiger partial charge in [0.05, 0.1) is 19.2 Å². The highest BCUT2D eigenvalue weighted by molar-refractivity contribution is 5.89. The van der Waals surface area contributed by atoms with Gasteiger partial charge in [0.2, 0.25) is 0 Å². The van der Waals surface area contributed by atoms with Crippen LogP contribution in [-0.4, -0.2) is 42.7 Å². The van der Waals surface area contributed by atoms with E-state index in [4.69, 9.17) is 9.84 Å². The second-order valence-corrected chi connectivity index (χ2v) is 8.80. The number of aryl methyl sites for hydroxylation is 1. The maximum absolute atomic E-state index is 13.2. The Kier molecular flexibility index (Phi) is 5.15. The van der Waals surface area contributed by atoms with Crippen molar-refractivity contribution in [2.45, 2.75) is 32.4 Å². The summed E-state index contributed by atoms with van der Waals surface area (Å²) in [4.78, 5) is 22.1. The van der Waals surface area contributed by atoms with Gasteiger partial charge in [-0.05, 0) is 54.7 Å². The summed E-state index contributed by atoms with van der Waals surface area (Å²) in [5.41, 5.74) is 5.87. The smallest absolute Gasteiger partial charge is 0.297 e. The van der Waals surface area contributed by atoms with Crippen molar-refractivity contribution in [3.63, 3.8) is 0 Å². The van der Waals surface area contributed by atoms with E-state index >= 15 is 0 Å². The van der Waals surface area contributed by atoms with Crippen molar-refractivity contribution < 1.29 is 4.74 Å². The molecule has 3 aliphatic rings. The zero-order chi connectivity index (χ0) is 23.1. The first kappa shape index (κ1) is 20.7. The van der Waals surface area contributed by atoms with Crippen molar-refractivity contribution in [1.29, 1.82) is 0 Å². The van der Waals surface area contributed by atoms with Crippen molar-refractivity contribution >= 4 is 11.0 Å². The fraction of sp³-hybridized carbons (Fsp3) is 0.269. The summed E-state index contributed by atoms with van der Waals surface area (Å²) in [7, 11) is 0. The van der Waals surface area contributed by atoms with E-state index in [1.54, 1.807) is 15.6 Å². The van der Waals surface area contributed by atoms with Crippen molar-refractivity contribution in [2.75, 3.05) is 13.2 Å². The molecule has 3 aromatic rings. The van der Waals surface area contributed by atoms with Gasteiger partial charge in [0, 0.05) is 36.1 Å². The molecule has 1 fully saturated rings. The van der Waals surface area contributed by atoms with E-state index in [0.29, 0.717) is 30.2 Å². The van der Waals surface area contributed by atoms with Crippen LogP contribution in [0.5, 0.6) is 0 Å². The minimum absolute atomic E-state index is 0.0562. The molecule has 8 nitrogen and oxygen atoms in total. The van der Waals surface area contributed by atoms with Crippen molar-refractivity contribution in [3.8, 4) is 22.5 Å². The predicted molar refractivity (Wildman–Crippen MR) is 129 cm³/mol. The number of fused-ring (bicyclic) bond motifs is 3. The van der Waals surface area contributed by atoms with E-state index in [1.165, 1.54) is 0 Å². The Bertz CT molecular complexity index is 1500. The Morgan fingerprint density at radius 2 is 1.94 bits per heavy atom. The van der Waals surface area contributed by atoms with Crippen LogP contribution in [0.2, 0.25) is 0 Å².